The summed E-state index contributed by atoms with van der Waals surface area (Å²) in [7, 11) is 0. The summed E-state index contributed by atoms with van der Waals surface area (Å²) in [5, 5.41) is 6.74. The number of aromatic nitrogens is 1. The summed E-state index contributed by atoms with van der Waals surface area (Å²) >= 11 is 1.76. The van der Waals surface area contributed by atoms with Gasteiger partial charge in [-0.2, -0.15) is 0 Å². The minimum Gasteiger partial charge on any atom is -0.468 e. The van der Waals surface area contributed by atoms with Gasteiger partial charge in [0.2, 0.25) is 0 Å². The van der Waals surface area contributed by atoms with Crippen LogP contribution in [-0.2, 0) is 13.0 Å². The maximum atomic E-state index is 5.24. The lowest BCUT2D eigenvalue weighted by Crippen LogP contribution is -2.14. The first-order chi connectivity index (χ1) is 8.34. The van der Waals surface area contributed by atoms with E-state index in [4.69, 9.17) is 4.42 Å². The number of thiazole rings is 1. The van der Waals surface area contributed by atoms with Crippen LogP contribution in [0.3, 0.4) is 0 Å². The van der Waals surface area contributed by atoms with Crippen LogP contribution in [0.1, 0.15) is 29.3 Å². The van der Waals surface area contributed by atoms with Gasteiger partial charge in [0.15, 0.2) is 0 Å². The van der Waals surface area contributed by atoms with Crippen LogP contribution in [0.5, 0.6) is 0 Å². The first-order valence-electron chi connectivity index (χ1n) is 5.99. The van der Waals surface area contributed by atoms with Gasteiger partial charge in [-0.25, -0.2) is 4.98 Å². The lowest BCUT2D eigenvalue weighted by molar-refractivity contribution is 0.479. The van der Waals surface area contributed by atoms with Gasteiger partial charge >= 0.3 is 0 Å². The number of aryl methyl sites for hydroxylation is 2. The Balaban J connectivity index is 1.52. The van der Waals surface area contributed by atoms with Gasteiger partial charge in [0.05, 0.1) is 17.8 Å². The highest BCUT2D eigenvalue weighted by atomic mass is 32.1. The van der Waals surface area contributed by atoms with Gasteiger partial charge in [0.25, 0.3) is 0 Å². The summed E-state index contributed by atoms with van der Waals surface area (Å²) < 4.78 is 5.24. The Morgan fingerprint density at radius 3 is 3.06 bits per heavy atom. The van der Waals surface area contributed by atoms with Gasteiger partial charge in [-0.05, 0) is 44.9 Å². The van der Waals surface area contributed by atoms with E-state index < -0.39 is 0 Å². The molecule has 1 N–H and O–H groups in total. The van der Waals surface area contributed by atoms with Crippen LogP contribution in [-0.4, -0.2) is 11.5 Å². The molecule has 2 heterocycles. The van der Waals surface area contributed by atoms with Crippen molar-refractivity contribution in [3.8, 4) is 0 Å². The Kier molecular flexibility index (Phi) is 4.76. The minimum atomic E-state index is 0.823. The fourth-order valence-electron chi connectivity index (χ4n) is 1.67. The largest absolute Gasteiger partial charge is 0.468 e. The number of unbranched alkanes of at least 4 members (excludes halogenated alkanes) is 1. The molecule has 0 spiro atoms. The summed E-state index contributed by atoms with van der Waals surface area (Å²) in [5.41, 5.74) is 1.14. The van der Waals surface area contributed by atoms with Crippen LogP contribution in [0.4, 0.5) is 0 Å². The molecule has 2 aromatic rings. The molecule has 0 unspecified atom stereocenters. The Labute approximate surface area is 106 Å². The molecule has 0 aliphatic carbocycles. The van der Waals surface area contributed by atoms with Gasteiger partial charge in [-0.15, -0.1) is 11.3 Å². The maximum Gasteiger partial charge on any atom is 0.117 e. The average Bonchev–Trinajstić information content (AvgIpc) is 2.95. The lowest BCUT2D eigenvalue weighted by Gasteiger charge is -2.01. The molecular formula is C13H18N2OS. The van der Waals surface area contributed by atoms with E-state index in [0.29, 0.717) is 0 Å². The van der Waals surface area contributed by atoms with Crippen molar-refractivity contribution in [3.63, 3.8) is 0 Å². The molecule has 92 valence electrons. The first-order valence-corrected chi connectivity index (χ1v) is 6.86. The number of hydrogen-bond acceptors (Lipinski definition) is 4. The molecule has 0 amide bonds. The third-order valence-corrected chi connectivity index (χ3v) is 3.57. The van der Waals surface area contributed by atoms with Crippen LogP contribution < -0.4 is 5.32 Å². The summed E-state index contributed by atoms with van der Waals surface area (Å²) in [6.07, 6.45) is 5.18. The van der Waals surface area contributed by atoms with E-state index in [9.17, 15) is 0 Å². The molecule has 4 heteroatoms. The van der Waals surface area contributed by atoms with Crippen molar-refractivity contribution >= 4 is 11.3 Å². The summed E-state index contributed by atoms with van der Waals surface area (Å²) in [6.45, 7) is 3.90. The normalized spacial score (nSPS) is 10.9. The highest BCUT2D eigenvalue weighted by molar-refractivity contribution is 7.09. The van der Waals surface area contributed by atoms with Gasteiger partial charge in [0, 0.05) is 11.1 Å². The number of furan rings is 1. The van der Waals surface area contributed by atoms with Gasteiger partial charge in [-0.1, -0.05) is 0 Å². The molecule has 17 heavy (non-hydrogen) atoms. The van der Waals surface area contributed by atoms with E-state index in [1.165, 1.54) is 17.8 Å². The molecule has 2 aromatic heterocycles. The van der Waals surface area contributed by atoms with E-state index in [0.717, 1.165) is 31.0 Å². The van der Waals surface area contributed by atoms with E-state index in [-0.39, 0.29) is 0 Å². The smallest absolute Gasteiger partial charge is 0.117 e. The molecule has 0 aliphatic rings. The second kappa shape index (κ2) is 6.57. The molecular weight excluding hydrogens is 232 g/mol. The van der Waals surface area contributed by atoms with Crippen LogP contribution in [0, 0.1) is 6.92 Å². The Morgan fingerprint density at radius 2 is 2.35 bits per heavy atom. The molecule has 0 aromatic carbocycles. The second-order valence-electron chi connectivity index (χ2n) is 4.10. The average molecular weight is 250 g/mol. The van der Waals surface area contributed by atoms with E-state index in [1.54, 1.807) is 17.6 Å². The summed E-state index contributed by atoms with van der Waals surface area (Å²) in [4.78, 5) is 4.45. The van der Waals surface area contributed by atoms with E-state index in [2.05, 4.69) is 15.7 Å². The van der Waals surface area contributed by atoms with Crippen molar-refractivity contribution in [2.45, 2.75) is 32.7 Å². The first kappa shape index (κ1) is 12.3. The molecule has 0 fully saturated rings. The fraction of sp³-hybridized carbons (Fsp3) is 0.462. The molecule has 0 radical (unpaired) electrons. The molecule has 0 aliphatic heterocycles. The van der Waals surface area contributed by atoms with Crippen LogP contribution in [0.15, 0.2) is 28.2 Å². The highest BCUT2D eigenvalue weighted by Crippen LogP contribution is 2.11. The third-order valence-electron chi connectivity index (χ3n) is 2.54. The van der Waals surface area contributed by atoms with Gasteiger partial charge < -0.3 is 9.73 Å². The van der Waals surface area contributed by atoms with Crippen LogP contribution in [0.2, 0.25) is 0 Å². The molecule has 0 saturated heterocycles. The van der Waals surface area contributed by atoms with Crippen LogP contribution in [0.25, 0.3) is 0 Å². The number of hydrogen-bond donors (Lipinski definition) is 1. The Morgan fingerprint density at radius 1 is 1.41 bits per heavy atom. The van der Waals surface area contributed by atoms with Crippen molar-refractivity contribution in [2.75, 3.05) is 6.54 Å². The van der Waals surface area contributed by atoms with Gasteiger partial charge in [-0.3, -0.25) is 0 Å². The minimum absolute atomic E-state index is 0.823. The molecule has 2 rings (SSSR count). The lowest BCUT2D eigenvalue weighted by atomic mass is 10.2. The Hall–Kier alpha value is -1.13. The Bertz CT molecular complexity index is 422. The van der Waals surface area contributed by atoms with Crippen LogP contribution >= 0.6 is 11.3 Å². The molecule has 0 atom stereocenters. The zero-order chi connectivity index (χ0) is 11.9. The maximum absolute atomic E-state index is 5.24. The highest BCUT2D eigenvalue weighted by Gasteiger charge is 1.98. The molecule has 3 nitrogen and oxygen atoms in total. The topological polar surface area (TPSA) is 38.1 Å². The van der Waals surface area contributed by atoms with E-state index >= 15 is 0 Å². The number of nitrogens with one attached hydrogen (secondary N) is 1. The van der Waals surface area contributed by atoms with Gasteiger partial charge in [0.1, 0.15) is 5.76 Å². The zero-order valence-electron chi connectivity index (χ0n) is 10.1. The molecule has 0 saturated carbocycles. The van der Waals surface area contributed by atoms with Crippen molar-refractivity contribution in [2.24, 2.45) is 0 Å². The fourth-order valence-corrected chi connectivity index (χ4v) is 2.49. The predicted octanol–water partition coefficient (Wildman–Crippen LogP) is 3.16. The SMILES string of the molecule is Cc1csc(CCCCNCc2ccco2)n1. The second-order valence-corrected chi connectivity index (χ2v) is 5.04. The summed E-state index contributed by atoms with van der Waals surface area (Å²) in [6, 6.07) is 3.91. The monoisotopic (exact) mass is 250 g/mol. The number of nitrogens with zero attached hydrogens (tertiary/aromatic N) is 1. The van der Waals surface area contributed by atoms with Crippen molar-refractivity contribution < 1.29 is 4.42 Å². The van der Waals surface area contributed by atoms with Crippen molar-refractivity contribution in [3.05, 3.63) is 40.2 Å². The third kappa shape index (κ3) is 4.32. The standard InChI is InChI=1S/C13H18N2OS/c1-11-10-17-13(15-11)6-2-3-7-14-9-12-5-4-8-16-12/h4-5,8,10,14H,2-3,6-7,9H2,1H3. The number of rotatable bonds is 7. The van der Waals surface area contributed by atoms with E-state index in [1.807, 2.05) is 19.1 Å². The zero-order valence-corrected chi connectivity index (χ0v) is 10.9. The quantitative estimate of drug-likeness (QED) is 0.767. The predicted molar refractivity (Wildman–Crippen MR) is 70.2 cm³/mol. The van der Waals surface area contributed by atoms with Crippen molar-refractivity contribution in [1.29, 1.82) is 0 Å². The summed E-state index contributed by atoms with van der Waals surface area (Å²) in [5.74, 6) is 1.00. The van der Waals surface area contributed by atoms with Crippen molar-refractivity contribution in [1.82, 2.24) is 10.3 Å². The molecule has 0 bridgehead atoms.